The average molecular weight is 383 g/mol. The van der Waals surface area contributed by atoms with Crippen LogP contribution in [-0.4, -0.2) is 49.0 Å². The molecule has 128 valence electrons. The van der Waals surface area contributed by atoms with Crippen molar-refractivity contribution in [3.63, 3.8) is 0 Å². The number of benzene rings is 1. The highest BCUT2D eigenvalue weighted by atomic mass is 79.9. The molecule has 5 heteroatoms. The van der Waals surface area contributed by atoms with Gasteiger partial charge in [-0.25, -0.2) is 0 Å². The van der Waals surface area contributed by atoms with E-state index in [0.717, 1.165) is 55.8 Å². The first kappa shape index (κ1) is 18.3. The van der Waals surface area contributed by atoms with Gasteiger partial charge in [-0.2, -0.15) is 0 Å². The number of piperidine rings is 1. The van der Waals surface area contributed by atoms with Gasteiger partial charge < -0.3 is 9.64 Å². The van der Waals surface area contributed by atoms with E-state index in [-0.39, 0.29) is 5.92 Å². The first-order valence-electron chi connectivity index (χ1n) is 8.42. The summed E-state index contributed by atoms with van der Waals surface area (Å²) in [6, 6.07) is 6.19. The van der Waals surface area contributed by atoms with Crippen LogP contribution < -0.4 is 4.74 Å². The fourth-order valence-corrected chi connectivity index (χ4v) is 3.85. The summed E-state index contributed by atoms with van der Waals surface area (Å²) in [4.78, 5) is 16.9. The van der Waals surface area contributed by atoms with Crippen LogP contribution in [0.1, 0.15) is 32.3 Å². The topological polar surface area (TPSA) is 32.8 Å². The minimum absolute atomic E-state index is 0.144. The van der Waals surface area contributed by atoms with Crippen LogP contribution >= 0.6 is 15.9 Å². The quantitative estimate of drug-likeness (QED) is 0.754. The standard InChI is InChI=1S/C18H27BrN2O2/c1-4-21(5-2)18(22)15-7-6-10-20(13-15)12-14-8-9-17(23-3)16(19)11-14/h8-9,11,15H,4-7,10,12-13H2,1-3H3/t15-/m1/s1. The van der Waals surface area contributed by atoms with Gasteiger partial charge in [-0.3, -0.25) is 9.69 Å². The van der Waals surface area contributed by atoms with Gasteiger partial charge >= 0.3 is 0 Å². The molecule has 0 N–H and O–H groups in total. The summed E-state index contributed by atoms with van der Waals surface area (Å²) >= 11 is 3.54. The first-order valence-corrected chi connectivity index (χ1v) is 9.21. The lowest BCUT2D eigenvalue weighted by molar-refractivity contribution is -0.137. The molecule has 1 saturated heterocycles. The Kier molecular flexibility index (Phi) is 6.90. The second kappa shape index (κ2) is 8.69. The van der Waals surface area contributed by atoms with Gasteiger partial charge in [0, 0.05) is 26.2 Å². The van der Waals surface area contributed by atoms with Crippen molar-refractivity contribution in [3.8, 4) is 5.75 Å². The van der Waals surface area contributed by atoms with Gasteiger partial charge in [0.1, 0.15) is 5.75 Å². The fourth-order valence-electron chi connectivity index (χ4n) is 3.26. The van der Waals surface area contributed by atoms with Crippen molar-refractivity contribution in [2.45, 2.75) is 33.2 Å². The molecule has 0 spiro atoms. The summed E-state index contributed by atoms with van der Waals surface area (Å²) in [7, 11) is 1.67. The second-order valence-electron chi connectivity index (χ2n) is 6.05. The van der Waals surface area contributed by atoms with E-state index < -0.39 is 0 Å². The van der Waals surface area contributed by atoms with Crippen molar-refractivity contribution >= 4 is 21.8 Å². The van der Waals surface area contributed by atoms with Gasteiger partial charge in [0.2, 0.25) is 5.91 Å². The number of halogens is 1. The summed E-state index contributed by atoms with van der Waals surface area (Å²) in [5.41, 5.74) is 1.24. The number of carbonyl (C=O) groups excluding carboxylic acids is 1. The molecule has 4 nitrogen and oxygen atoms in total. The van der Waals surface area contributed by atoms with Crippen molar-refractivity contribution < 1.29 is 9.53 Å². The van der Waals surface area contributed by atoms with Crippen LogP contribution in [0.5, 0.6) is 5.75 Å². The molecule has 0 unspecified atom stereocenters. The number of ether oxygens (including phenoxy) is 1. The molecule has 0 radical (unpaired) electrons. The van der Waals surface area contributed by atoms with E-state index in [1.54, 1.807) is 7.11 Å². The third kappa shape index (κ3) is 4.70. The summed E-state index contributed by atoms with van der Waals surface area (Å²) in [6.07, 6.45) is 2.10. The zero-order valence-electron chi connectivity index (χ0n) is 14.3. The molecule has 1 atom stereocenters. The number of nitrogens with zero attached hydrogens (tertiary/aromatic N) is 2. The van der Waals surface area contributed by atoms with Crippen LogP contribution in [0.25, 0.3) is 0 Å². The zero-order chi connectivity index (χ0) is 16.8. The third-order valence-corrected chi connectivity index (χ3v) is 5.17. The van der Waals surface area contributed by atoms with Crippen LogP contribution in [0.2, 0.25) is 0 Å². The predicted octanol–water partition coefficient (Wildman–Crippen LogP) is 3.54. The van der Waals surface area contributed by atoms with Crippen molar-refractivity contribution in [3.05, 3.63) is 28.2 Å². The van der Waals surface area contributed by atoms with Crippen LogP contribution in [0, 0.1) is 5.92 Å². The number of likely N-dealkylation sites (tertiary alicyclic amines) is 1. The summed E-state index contributed by atoms with van der Waals surface area (Å²) < 4.78 is 6.26. The monoisotopic (exact) mass is 382 g/mol. The largest absolute Gasteiger partial charge is 0.496 e. The fraction of sp³-hybridized carbons (Fsp3) is 0.611. The lowest BCUT2D eigenvalue weighted by atomic mass is 9.96. The summed E-state index contributed by atoms with van der Waals surface area (Å²) in [5.74, 6) is 1.31. The number of rotatable bonds is 6. The van der Waals surface area contributed by atoms with E-state index in [1.807, 2.05) is 11.0 Å². The van der Waals surface area contributed by atoms with Gasteiger partial charge in [-0.05, 0) is 66.9 Å². The lowest BCUT2D eigenvalue weighted by Crippen LogP contribution is -2.44. The number of amides is 1. The predicted molar refractivity (Wildman–Crippen MR) is 96.6 cm³/mol. The molecule has 1 amide bonds. The molecule has 1 aromatic rings. The number of hydrogen-bond acceptors (Lipinski definition) is 3. The maximum atomic E-state index is 12.6. The Morgan fingerprint density at radius 3 is 2.74 bits per heavy atom. The number of carbonyl (C=O) groups is 1. The molecule has 0 saturated carbocycles. The molecule has 1 aromatic carbocycles. The van der Waals surface area contributed by atoms with E-state index in [4.69, 9.17) is 4.74 Å². The van der Waals surface area contributed by atoms with Gasteiger partial charge in [-0.15, -0.1) is 0 Å². The average Bonchev–Trinajstić information content (AvgIpc) is 2.56. The van der Waals surface area contributed by atoms with Crippen molar-refractivity contribution in [2.75, 3.05) is 33.3 Å². The van der Waals surface area contributed by atoms with Crippen LogP contribution in [0.4, 0.5) is 0 Å². The highest BCUT2D eigenvalue weighted by Gasteiger charge is 2.28. The zero-order valence-corrected chi connectivity index (χ0v) is 15.9. The van der Waals surface area contributed by atoms with Crippen molar-refractivity contribution in [2.24, 2.45) is 5.92 Å². The molecule has 2 rings (SSSR count). The molecule has 0 bridgehead atoms. The van der Waals surface area contributed by atoms with Crippen LogP contribution in [0.15, 0.2) is 22.7 Å². The smallest absolute Gasteiger partial charge is 0.226 e. The van der Waals surface area contributed by atoms with Gasteiger partial charge in [0.05, 0.1) is 17.5 Å². The molecule has 23 heavy (non-hydrogen) atoms. The summed E-state index contributed by atoms with van der Waals surface area (Å²) in [6.45, 7) is 8.51. The maximum absolute atomic E-state index is 12.6. The van der Waals surface area contributed by atoms with Crippen LogP contribution in [-0.2, 0) is 11.3 Å². The van der Waals surface area contributed by atoms with E-state index in [1.165, 1.54) is 5.56 Å². The van der Waals surface area contributed by atoms with Gasteiger partial charge in [0.25, 0.3) is 0 Å². The molecule has 0 aromatic heterocycles. The Bertz CT molecular complexity index is 532. The number of hydrogen-bond donors (Lipinski definition) is 0. The Balaban J connectivity index is 1.98. The molecule has 1 aliphatic heterocycles. The first-order chi connectivity index (χ1) is 11.1. The molecule has 0 aliphatic carbocycles. The SMILES string of the molecule is CCN(CC)C(=O)[C@@H]1CCCN(Cc2ccc(OC)c(Br)c2)C1. The number of methoxy groups -OCH3 is 1. The third-order valence-electron chi connectivity index (χ3n) is 4.55. The molecule has 1 aliphatic rings. The van der Waals surface area contributed by atoms with Crippen molar-refractivity contribution in [1.29, 1.82) is 0 Å². The van der Waals surface area contributed by atoms with Gasteiger partial charge in [-0.1, -0.05) is 6.07 Å². The molecule has 1 fully saturated rings. The Hall–Kier alpha value is -1.07. The molecular formula is C18H27BrN2O2. The maximum Gasteiger partial charge on any atom is 0.226 e. The van der Waals surface area contributed by atoms with E-state index in [2.05, 4.69) is 46.8 Å². The normalized spacial score (nSPS) is 18.7. The Labute approximate surface area is 147 Å². The van der Waals surface area contributed by atoms with Crippen molar-refractivity contribution in [1.82, 2.24) is 9.80 Å². The van der Waals surface area contributed by atoms with E-state index in [9.17, 15) is 4.79 Å². The van der Waals surface area contributed by atoms with Gasteiger partial charge in [0.15, 0.2) is 0 Å². The molecular weight excluding hydrogens is 356 g/mol. The highest BCUT2D eigenvalue weighted by molar-refractivity contribution is 9.10. The Morgan fingerprint density at radius 1 is 1.39 bits per heavy atom. The minimum atomic E-state index is 0.144. The lowest BCUT2D eigenvalue weighted by Gasteiger charge is -2.34. The summed E-state index contributed by atoms with van der Waals surface area (Å²) in [5, 5.41) is 0. The van der Waals surface area contributed by atoms with E-state index in [0.29, 0.717) is 5.91 Å². The highest BCUT2D eigenvalue weighted by Crippen LogP contribution is 2.27. The van der Waals surface area contributed by atoms with Crippen LogP contribution in [0.3, 0.4) is 0 Å². The van der Waals surface area contributed by atoms with E-state index >= 15 is 0 Å². The Morgan fingerprint density at radius 2 is 2.13 bits per heavy atom. The molecule has 1 heterocycles. The minimum Gasteiger partial charge on any atom is -0.496 e. The second-order valence-corrected chi connectivity index (χ2v) is 6.91.